The minimum absolute atomic E-state index is 0.202. The molecule has 0 aliphatic rings. The lowest BCUT2D eigenvalue weighted by atomic mass is 10.0. The lowest BCUT2D eigenvalue weighted by Gasteiger charge is -2.06. The fraction of sp³-hybridized carbons (Fsp3) is 0. The molecule has 3 rings (SSSR count). The number of halogens is 2. The first-order chi connectivity index (χ1) is 9.56. The van der Waals surface area contributed by atoms with Gasteiger partial charge in [0, 0.05) is 15.6 Å². The van der Waals surface area contributed by atoms with Crippen molar-refractivity contribution in [2.45, 2.75) is 0 Å². The molecule has 2 aromatic carbocycles. The van der Waals surface area contributed by atoms with E-state index in [4.69, 9.17) is 11.6 Å². The van der Waals surface area contributed by atoms with Crippen LogP contribution in [0.15, 0.2) is 45.7 Å². The molecule has 0 saturated heterocycles. The van der Waals surface area contributed by atoms with Crippen LogP contribution in [-0.4, -0.2) is 15.8 Å². The summed E-state index contributed by atoms with van der Waals surface area (Å²) in [4.78, 5) is 29.1. The van der Waals surface area contributed by atoms with Crippen molar-refractivity contribution in [2.24, 2.45) is 0 Å². The van der Waals surface area contributed by atoms with Crippen molar-refractivity contribution in [1.82, 2.24) is 9.97 Å². The number of hydrogen-bond acceptors (Lipinski definition) is 2. The summed E-state index contributed by atoms with van der Waals surface area (Å²) in [5, 5.41) is 0.395. The molecule has 0 atom stereocenters. The Morgan fingerprint density at radius 1 is 1.05 bits per heavy atom. The molecule has 0 fully saturated rings. The van der Waals surface area contributed by atoms with Crippen LogP contribution in [0.2, 0.25) is 5.02 Å². The molecule has 0 saturated carbocycles. The van der Waals surface area contributed by atoms with Gasteiger partial charge in [-0.2, -0.15) is 0 Å². The highest BCUT2D eigenvalue weighted by Crippen LogP contribution is 2.26. The minimum atomic E-state index is -0.311. The van der Waals surface area contributed by atoms with Crippen LogP contribution in [0, 0.1) is 0 Å². The number of hydrogen-bond donors (Lipinski definition) is 2. The lowest BCUT2D eigenvalue weighted by Crippen LogP contribution is -2.03. The first-order valence-electron chi connectivity index (χ1n) is 5.77. The molecule has 0 radical (unpaired) electrons. The number of aromatic nitrogens is 2. The Bertz CT molecular complexity index is 882. The van der Waals surface area contributed by atoms with Gasteiger partial charge in [-0.15, -0.1) is 0 Å². The highest BCUT2D eigenvalue weighted by Gasteiger charge is 2.16. The van der Waals surface area contributed by atoms with E-state index in [-0.39, 0.29) is 11.5 Å². The highest BCUT2D eigenvalue weighted by atomic mass is 79.9. The van der Waals surface area contributed by atoms with Crippen molar-refractivity contribution in [3.8, 4) is 0 Å². The SMILES string of the molecule is O=C(c1ccccc1Cl)c1cc2[nH]c(=O)[nH]c2cc1Br. The Hall–Kier alpha value is -1.85. The summed E-state index contributed by atoms with van der Waals surface area (Å²) < 4.78 is 0.602. The van der Waals surface area contributed by atoms with E-state index >= 15 is 0 Å². The van der Waals surface area contributed by atoms with Crippen LogP contribution in [0.1, 0.15) is 15.9 Å². The third-order valence-electron chi connectivity index (χ3n) is 2.97. The highest BCUT2D eigenvalue weighted by molar-refractivity contribution is 9.10. The molecule has 4 nitrogen and oxygen atoms in total. The molecule has 20 heavy (non-hydrogen) atoms. The number of imidazole rings is 1. The topological polar surface area (TPSA) is 65.7 Å². The van der Waals surface area contributed by atoms with Crippen molar-refractivity contribution < 1.29 is 4.79 Å². The van der Waals surface area contributed by atoms with E-state index in [1.807, 2.05) is 0 Å². The van der Waals surface area contributed by atoms with Gasteiger partial charge in [0.25, 0.3) is 0 Å². The van der Waals surface area contributed by atoms with Crippen molar-refractivity contribution in [3.63, 3.8) is 0 Å². The second-order valence-electron chi connectivity index (χ2n) is 4.27. The number of benzene rings is 2. The van der Waals surface area contributed by atoms with Crippen LogP contribution in [0.5, 0.6) is 0 Å². The summed E-state index contributed by atoms with van der Waals surface area (Å²) in [6.45, 7) is 0. The van der Waals surface area contributed by atoms with Gasteiger partial charge in [-0.3, -0.25) is 4.79 Å². The van der Waals surface area contributed by atoms with Crippen LogP contribution in [-0.2, 0) is 0 Å². The van der Waals surface area contributed by atoms with Crippen molar-refractivity contribution in [1.29, 1.82) is 0 Å². The molecule has 1 heterocycles. The predicted molar refractivity (Wildman–Crippen MR) is 81.5 cm³/mol. The Morgan fingerprint density at radius 2 is 1.70 bits per heavy atom. The average molecular weight is 352 g/mol. The average Bonchev–Trinajstić information content (AvgIpc) is 2.76. The maximum Gasteiger partial charge on any atom is 0.323 e. The lowest BCUT2D eigenvalue weighted by molar-refractivity contribution is 0.103. The number of ketones is 1. The van der Waals surface area contributed by atoms with Crippen molar-refractivity contribution in [3.05, 3.63) is 67.5 Å². The first kappa shape index (κ1) is 13.1. The third kappa shape index (κ3) is 2.19. The largest absolute Gasteiger partial charge is 0.323 e. The van der Waals surface area contributed by atoms with Crippen molar-refractivity contribution in [2.75, 3.05) is 0 Å². The van der Waals surface area contributed by atoms with Gasteiger partial charge in [0.2, 0.25) is 0 Å². The Morgan fingerprint density at radius 3 is 2.40 bits per heavy atom. The number of fused-ring (bicyclic) bond motifs is 1. The van der Waals surface area contributed by atoms with Gasteiger partial charge in [-0.25, -0.2) is 4.79 Å². The fourth-order valence-corrected chi connectivity index (χ4v) is 2.77. The van der Waals surface area contributed by atoms with Crippen LogP contribution < -0.4 is 5.69 Å². The number of H-pyrrole nitrogens is 2. The Labute approximate surface area is 126 Å². The van der Waals surface area contributed by atoms with Gasteiger partial charge in [-0.05, 0) is 40.2 Å². The van der Waals surface area contributed by atoms with Crippen molar-refractivity contribution >= 4 is 44.3 Å². The van der Waals surface area contributed by atoms with E-state index in [0.717, 1.165) is 0 Å². The normalized spacial score (nSPS) is 10.9. The summed E-state index contributed by atoms with van der Waals surface area (Å²) in [7, 11) is 0. The van der Waals surface area contributed by atoms with Gasteiger partial charge < -0.3 is 9.97 Å². The summed E-state index contributed by atoms with van der Waals surface area (Å²) in [6.07, 6.45) is 0. The summed E-state index contributed by atoms with van der Waals surface area (Å²) >= 11 is 9.39. The monoisotopic (exact) mass is 350 g/mol. The van der Waals surface area contributed by atoms with Gasteiger partial charge in [0.15, 0.2) is 5.78 Å². The molecule has 0 aliphatic heterocycles. The van der Waals surface area contributed by atoms with E-state index < -0.39 is 0 Å². The zero-order chi connectivity index (χ0) is 14.3. The molecule has 0 amide bonds. The molecule has 100 valence electrons. The van der Waals surface area contributed by atoms with E-state index in [2.05, 4.69) is 25.9 Å². The zero-order valence-electron chi connectivity index (χ0n) is 10.0. The maximum absolute atomic E-state index is 12.5. The Balaban J connectivity index is 2.19. The molecule has 0 aliphatic carbocycles. The van der Waals surface area contributed by atoms with Gasteiger partial charge in [0.05, 0.1) is 16.1 Å². The van der Waals surface area contributed by atoms with Crippen LogP contribution >= 0.6 is 27.5 Å². The second-order valence-corrected chi connectivity index (χ2v) is 5.53. The van der Waals surface area contributed by atoms with E-state index in [9.17, 15) is 9.59 Å². The van der Waals surface area contributed by atoms with Crippen LogP contribution in [0.3, 0.4) is 0 Å². The van der Waals surface area contributed by atoms with Gasteiger partial charge >= 0.3 is 5.69 Å². The summed E-state index contributed by atoms with van der Waals surface area (Å²) in [6, 6.07) is 10.2. The first-order valence-corrected chi connectivity index (χ1v) is 6.94. The number of aromatic amines is 2. The van der Waals surface area contributed by atoms with E-state index in [1.165, 1.54) is 0 Å². The van der Waals surface area contributed by atoms with Gasteiger partial charge in [-0.1, -0.05) is 23.7 Å². The molecule has 1 aromatic heterocycles. The predicted octanol–water partition coefficient (Wildman–Crippen LogP) is 3.50. The molecule has 3 aromatic rings. The minimum Gasteiger partial charge on any atom is -0.306 e. The molecule has 0 unspecified atom stereocenters. The molecule has 2 N–H and O–H groups in total. The molecular weight excluding hydrogens is 344 g/mol. The molecule has 0 spiro atoms. The van der Waals surface area contributed by atoms with E-state index in [0.29, 0.717) is 31.7 Å². The van der Waals surface area contributed by atoms with E-state index in [1.54, 1.807) is 36.4 Å². The smallest absolute Gasteiger partial charge is 0.306 e. The quantitative estimate of drug-likeness (QED) is 0.694. The molecule has 6 heteroatoms. The standard InChI is InChI=1S/C14H8BrClN2O2/c15-9-6-12-11(17-14(20)18-12)5-8(9)13(19)7-3-1-2-4-10(7)16/h1-6H,(H2,17,18,20). The summed E-state index contributed by atoms with van der Waals surface area (Å²) in [5.41, 5.74) is 1.77. The number of nitrogens with one attached hydrogen (secondary N) is 2. The molecule has 0 bridgehead atoms. The van der Waals surface area contributed by atoms with Crippen LogP contribution in [0.25, 0.3) is 11.0 Å². The Kier molecular flexibility index (Phi) is 3.23. The molecular formula is C14H8BrClN2O2. The van der Waals surface area contributed by atoms with Gasteiger partial charge in [0.1, 0.15) is 0 Å². The van der Waals surface area contributed by atoms with Crippen LogP contribution in [0.4, 0.5) is 0 Å². The fourth-order valence-electron chi connectivity index (χ4n) is 2.02. The third-order valence-corrected chi connectivity index (χ3v) is 3.95. The maximum atomic E-state index is 12.5. The summed E-state index contributed by atoms with van der Waals surface area (Å²) in [5.74, 6) is -0.202. The number of rotatable bonds is 2. The number of carbonyl (C=O) groups excluding carboxylic acids is 1. The number of carbonyl (C=O) groups is 1. The second kappa shape index (κ2) is 4.92. The zero-order valence-corrected chi connectivity index (χ0v) is 12.4.